The van der Waals surface area contributed by atoms with Crippen LogP contribution in [0.1, 0.15) is 25.0 Å². The van der Waals surface area contributed by atoms with E-state index in [1.54, 1.807) is 23.7 Å². The first-order chi connectivity index (χ1) is 14.9. The summed E-state index contributed by atoms with van der Waals surface area (Å²) in [6.07, 6.45) is 5.50. The average Bonchev–Trinajstić information content (AvgIpc) is 3.12. The van der Waals surface area contributed by atoms with Crippen molar-refractivity contribution in [1.29, 1.82) is 0 Å². The van der Waals surface area contributed by atoms with E-state index < -0.39 is 10.0 Å². The molecule has 2 heterocycles. The highest BCUT2D eigenvalue weighted by molar-refractivity contribution is 7.93. The topological polar surface area (TPSA) is 123 Å². The summed E-state index contributed by atoms with van der Waals surface area (Å²) in [5.74, 6) is 0.181. The number of hydrogen-bond acceptors (Lipinski definition) is 8. The first kappa shape index (κ1) is 21.2. The second-order valence-electron chi connectivity index (χ2n) is 7.09. The van der Waals surface area contributed by atoms with Gasteiger partial charge in [-0.15, -0.1) is 11.3 Å². The van der Waals surface area contributed by atoms with Crippen LogP contribution in [0, 0.1) is 0 Å². The number of hydrogen-bond donors (Lipinski definition) is 2. The number of amides is 1. The fraction of sp³-hybridized carbons (Fsp3) is 0.300. The minimum Gasteiger partial charge on any atom is -0.480 e. The van der Waals surface area contributed by atoms with E-state index in [2.05, 4.69) is 25.0 Å². The molecular formula is C20H21N5O4S2. The first-order valence-corrected chi connectivity index (χ1v) is 12.1. The van der Waals surface area contributed by atoms with Gasteiger partial charge in [-0.2, -0.15) is 0 Å². The molecule has 31 heavy (non-hydrogen) atoms. The number of aromatic nitrogens is 3. The van der Waals surface area contributed by atoms with Crippen molar-refractivity contribution < 1.29 is 17.9 Å². The van der Waals surface area contributed by atoms with E-state index in [0.717, 1.165) is 12.0 Å². The zero-order chi connectivity index (χ0) is 21.8. The molecule has 0 atom stereocenters. The van der Waals surface area contributed by atoms with E-state index in [1.165, 1.54) is 24.6 Å². The Morgan fingerprint density at radius 1 is 1.19 bits per heavy atom. The standard InChI is InChI=1S/C20H21N5O4S2/c1-29-19-11-21-10-17(24-19)13-5-7-14(8-6-13)22-18(26)9-15-12-30-20(23-15)25-31(27,28)16-3-2-4-16/h5-8,10-12,16H,2-4,9H2,1H3,(H,22,26)(H,23,25). The average molecular weight is 460 g/mol. The van der Waals surface area contributed by atoms with Crippen LogP contribution in [-0.2, 0) is 21.2 Å². The lowest BCUT2D eigenvalue weighted by atomic mass is 10.0. The molecule has 1 saturated carbocycles. The van der Waals surface area contributed by atoms with Gasteiger partial charge < -0.3 is 10.1 Å². The van der Waals surface area contributed by atoms with Crippen LogP contribution in [0.3, 0.4) is 0 Å². The Balaban J connectivity index is 1.34. The predicted molar refractivity (Wildman–Crippen MR) is 119 cm³/mol. The zero-order valence-corrected chi connectivity index (χ0v) is 18.4. The molecule has 0 saturated heterocycles. The molecule has 0 bridgehead atoms. The molecule has 0 spiro atoms. The van der Waals surface area contributed by atoms with Gasteiger partial charge in [0.25, 0.3) is 0 Å². The lowest BCUT2D eigenvalue weighted by Gasteiger charge is -2.24. The maximum atomic E-state index is 12.4. The molecule has 1 fully saturated rings. The van der Waals surface area contributed by atoms with Gasteiger partial charge in [-0.25, -0.2) is 18.4 Å². The number of anilines is 2. The predicted octanol–water partition coefficient (Wildman–Crippen LogP) is 3.08. The lowest BCUT2D eigenvalue weighted by Crippen LogP contribution is -2.33. The molecule has 0 unspecified atom stereocenters. The van der Waals surface area contributed by atoms with Gasteiger partial charge in [0.05, 0.1) is 42.6 Å². The monoisotopic (exact) mass is 459 g/mol. The molecule has 4 rings (SSSR count). The van der Waals surface area contributed by atoms with Gasteiger partial charge in [0.1, 0.15) is 0 Å². The molecule has 1 amide bonds. The van der Waals surface area contributed by atoms with Crippen LogP contribution < -0.4 is 14.8 Å². The van der Waals surface area contributed by atoms with E-state index >= 15 is 0 Å². The van der Waals surface area contributed by atoms with E-state index in [0.29, 0.717) is 40.9 Å². The Bertz CT molecular complexity index is 1170. The van der Waals surface area contributed by atoms with Crippen LogP contribution >= 0.6 is 11.3 Å². The number of carbonyl (C=O) groups excluding carboxylic acids is 1. The summed E-state index contributed by atoms with van der Waals surface area (Å²) in [7, 11) is -1.86. The van der Waals surface area contributed by atoms with Crippen molar-refractivity contribution in [2.24, 2.45) is 0 Å². The largest absolute Gasteiger partial charge is 0.480 e. The molecule has 0 radical (unpaired) electrons. The summed E-state index contributed by atoms with van der Waals surface area (Å²) < 4.78 is 32.0. The summed E-state index contributed by atoms with van der Waals surface area (Å²) in [6, 6.07) is 7.20. The Labute approximate surface area is 184 Å². The van der Waals surface area contributed by atoms with Crippen LogP contribution in [0.5, 0.6) is 5.88 Å². The highest BCUT2D eigenvalue weighted by Gasteiger charge is 2.31. The van der Waals surface area contributed by atoms with Crippen molar-refractivity contribution in [2.45, 2.75) is 30.9 Å². The molecule has 2 aromatic heterocycles. The summed E-state index contributed by atoms with van der Waals surface area (Å²) >= 11 is 1.17. The Morgan fingerprint density at radius 2 is 1.97 bits per heavy atom. The number of carbonyl (C=O) groups is 1. The van der Waals surface area contributed by atoms with Crippen molar-refractivity contribution in [1.82, 2.24) is 15.0 Å². The number of nitrogens with zero attached hydrogens (tertiary/aromatic N) is 3. The van der Waals surface area contributed by atoms with Crippen molar-refractivity contribution in [3.8, 4) is 17.1 Å². The first-order valence-electron chi connectivity index (χ1n) is 9.65. The number of nitrogens with one attached hydrogen (secondary N) is 2. The minimum absolute atomic E-state index is 0.0464. The van der Waals surface area contributed by atoms with Crippen molar-refractivity contribution in [3.05, 3.63) is 47.7 Å². The third-order valence-corrected chi connectivity index (χ3v) is 7.66. The van der Waals surface area contributed by atoms with Crippen LogP contribution in [0.25, 0.3) is 11.3 Å². The van der Waals surface area contributed by atoms with Crippen LogP contribution in [0.15, 0.2) is 42.0 Å². The molecule has 0 aliphatic heterocycles. The second-order valence-corrected chi connectivity index (χ2v) is 9.91. The number of methoxy groups -OCH3 is 1. The fourth-order valence-corrected chi connectivity index (χ4v) is 5.50. The molecule has 1 aliphatic carbocycles. The van der Waals surface area contributed by atoms with Gasteiger partial charge in [0.2, 0.25) is 21.8 Å². The molecule has 1 aromatic carbocycles. The van der Waals surface area contributed by atoms with E-state index in [4.69, 9.17) is 4.74 Å². The van der Waals surface area contributed by atoms with E-state index in [-0.39, 0.29) is 17.6 Å². The Kier molecular flexibility index (Phi) is 6.14. The van der Waals surface area contributed by atoms with Gasteiger partial charge in [-0.3, -0.25) is 14.5 Å². The summed E-state index contributed by atoms with van der Waals surface area (Å²) in [5.41, 5.74) is 2.65. The molecular weight excluding hydrogens is 438 g/mol. The number of rotatable bonds is 8. The van der Waals surface area contributed by atoms with Gasteiger partial charge >= 0.3 is 0 Å². The van der Waals surface area contributed by atoms with E-state index in [1.807, 2.05) is 12.1 Å². The van der Waals surface area contributed by atoms with Crippen molar-refractivity contribution >= 4 is 38.1 Å². The molecule has 9 nitrogen and oxygen atoms in total. The zero-order valence-electron chi connectivity index (χ0n) is 16.7. The molecule has 3 aromatic rings. The number of benzene rings is 1. The molecule has 11 heteroatoms. The highest BCUT2D eigenvalue weighted by Crippen LogP contribution is 2.28. The van der Waals surface area contributed by atoms with Gasteiger partial charge in [-0.1, -0.05) is 18.6 Å². The van der Waals surface area contributed by atoms with Gasteiger partial charge in [0.15, 0.2) is 5.13 Å². The summed E-state index contributed by atoms with van der Waals surface area (Å²) in [5, 5.41) is 4.45. The number of ether oxygens (including phenoxy) is 1. The quantitative estimate of drug-likeness (QED) is 0.530. The van der Waals surface area contributed by atoms with E-state index in [9.17, 15) is 13.2 Å². The molecule has 162 valence electrons. The van der Waals surface area contributed by atoms with Crippen LogP contribution in [0.2, 0.25) is 0 Å². The third kappa shape index (κ3) is 5.17. The van der Waals surface area contributed by atoms with Crippen LogP contribution in [-0.4, -0.2) is 41.6 Å². The lowest BCUT2D eigenvalue weighted by molar-refractivity contribution is -0.115. The van der Waals surface area contributed by atoms with Crippen LogP contribution in [0.4, 0.5) is 10.8 Å². The highest BCUT2D eigenvalue weighted by atomic mass is 32.2. The second kappa shape index (κ2) is 8.98. The minimum atomic E-state index is -3.39. The molecule has 2 N–H and O–H groups in total. The Hall–Kier alpha value is -3.05. The smallest absolute Gasteiger partial charge is 0.237 e. The number of thiazole rings is 1. The maximum Gasteiger partial charge on any atom is 0.237 e. The number of sulfonamides is 1. The maximum absolute atomic E-state index is 12.4. The third-order valence-electron chi connectivity index (χ3n) is 4.90. The van der Waals surface area contributed by atoms with Gasteiger partial charge in [-0.05, 0) is 25.0 Å². The normalized spacial score (nSPS) is 14.0. The van der Waals surface area contributed by atoms with Crippen molar-refractivity contribution in [2.75, 3.05) is 17.1 Å². The summed E-state index contributed by atoms with van der Waals surface area (Å²) in [6.45, 7) is 0. The Morgan fingerprint density at radius 3 is 2.65 bits per heavy atom. The van der Waals surface area contributed by atoms with Gasteiger partial charge in [0, 0.05) is 16.6 Å². The SMILES string of the molecule is COc1cncc(-c2ccc(NC(=O)Cc3csc(NS(=O)(=O)C4CCC4)n3)cc2)n1. The summed E-state index contributed by atoms with van der Waals surface area (Å²) in [4.78, 5) is 25.0. The fourth-order valence-electron chi connectivity index (χ4n) is 3.00. The molecule has 1 aliphatic rings. The van der Waals surface area contributed by atoms with Crippen molar-refractivity contribution in [3.63, 3.8) is 0 Å².